The first kappa shape index (κ1) is 31.8. The molecular weight excluding hydrogens is 549 g/mol. The average Bonchev–Trinajstić information content (AvgIpc) is 3.62. The number of aromatic nitrogens is 2. The summed E-state index contributed by atoms with van der Waals surface area (Å²) in [7, 11) is -0.182. The van der Waals surface area contributed by atoms with Gasteiger partial charge in [-0.2, -0.15) is 5.10 Å². The van der Waals surface area contributed by atoms with Crippen LogP contribution in [-0.2, 0) is 16.1 Å². The van der Waals surface area contributed by atoms with E-state index in [1.165, 1.54) is 0 Å². The van der Waals surface area contributed by atoms with E-state index in [-0.39, 0.29) is 37.3 Å². The van der Waals surface area contributed by atoms with E-state index < -0.39 is 24.6 Å². The van der Waals surface area contributed by atoms with E-state index in [1.54, 1.807) is 23.9 Å². The minimum absolute atomic E-state index is 0.0496. The molecule has 0 fully saturated rings. The lowest BCUT2D eigenvalue weighted by Crippen LogP contribution is -2.56. The number of hydrogen-bond acceptors (Lipinski definition) is 8. The van der Waals surface area contributed by atoms with Crippen LogP contribution in [-0.4, -0.2) is 69.7 Å². The van der Waals surface area contributed by atoms with E-state index in [2.05, 4.69) is 20.9 Å². The van der Waals surface area contributed by atoms with Gasteiger partial charge in [-0.25, -0.2) is 0 Å². The molecule has 0 bridgehead atoms. The number of ether oxygens (including phenoxy) is 1. The number of rotatable bonds is 13. The van der Waals surface area contributed by atoms with E-state index in [9.17, 15) is 19.6 Å². The van der Waals surface area contributed by atoms with Crippen LogP contribution >= 0.6 is 0 Å². The van der Waals surface area contributed by atoms with Crippen molar-refractivity contribution in [3.63, 3.8) is 0 Å². The molecule has 11 nitrogen and oxygen atoms in total. The Kier molecular flexibility index (Phi) is 10.3. The molecule has 4 N–H and O–H groups in total. The van der Waals surface area contributed by atoms with Crippen LogP contribution in [0.25, 0.3) is 11.3 Å². The molecule has 1 aliphatic heterocycles. The minimum atomic E-state index is -1.74. The topological polar surface area (TPSA) is 147 Å². The standard InChI is InChI=1S/C31H40BN5O6/c1-20(2)14-28(32(40)41)34-30(39)31(17-22-10-9-13-25(15-22)42-5)18-24(36-43-31)19-33-29(38)27-16-26(35-37(27)21(3)4)23-11-7-6-8-12-23/h6-13,15-16,20-21,28,40-41H,14,17-19H2,1-5H3,(H,33,38)(H,34,39). The first-order valence-corrected chi connectivity index (χ1v) is 14.5. The van der Waals surface area contributed by atoms with Crippen molar-refractivity contribution >= 4 is 24.6 Å². The number of methoxy groups -OCH3 is 1. The predicted octanol–water partition coefficient (Wildman–Crippen LogP) is 3.17. The number of amides is 2. The first-order chi connectivity index (χ1) is 20.5. The van der Waals surface area contributed by atoms with Crippen LogP contribution in [0.5, 0.6) is 5.75 Å². The van der Waals surface area contributed by atoms with E-state index in [0.717, 1.165) is 11.1 Å². The molecule has 2 unspecified atom stereocenters. The molecule has 1 aliphatic rings. The second-order valence-electron chi connectivity index (χ2n) is 11.6. The molecule has 2 atom stereocenters. The van der Waals surface area contributed by atoms with Crippen LogP contribution in [0.15, 0.2) is 65.8 Å². The summed E-state index contributed by atoms with van der Waals surface area (Å²) in [5.74, 6) is -1.02. The highest BCUT2D eigenvalue weighted by Crippen LogP contribution is 2.31. The summed E-state index contributed by atoms with van der Waals surface area (Å²) in [4.78, 5) is 32.9. The smallest absolute Gasteiger partial charge is 0.475 e. The lowest BCUT2D eigenvalue weighted by Gasteiger charge is -2.29. The third-order valence-electron chi connectivity index (χ3n) is 7.26. The Hall–Kier alpha value is -4.16. The number of nitrogens with zero attached hydrogens (tertiary/aromatic N) is 3. The Morgan fingerprint density at radius 2 is 1.84 bits per heavy atom. The van der Waals surface area contributed by atoms with Gasteiger partial charge in [0.2, 0.25) is 5.60 Å². The highest BCUT2D eigenvalue weighted by atomic mass is 16.7. The van der Waals surface area contributed by atoms with E-state index >= 15 is 0 Å². The summed E-state index contributed by atoms with van der Waals surface area (Å²) in [6, 6.07) is 18.6. The fraction of sp³-hybridized carbons (Fsp3) is 0.419. The molecule has 1 aromatic heterocycles. The maximum absolute atomic E-state index is 13.7. The lowest BCUT2D eigenvalue weighted by atomic mass is 9.74. The zero-order valence-corrected chi connectivity index (χ0v) is 25.3. The zero-order valence-electron chi connectivity index (χ0n) is 25.3. The first-order valence-electron chi connectivity index (χ1n) is 14.5. The monoisotopic (exact) mass is 589 g/mol. The van der Waals surface area contributed by atoms with Crippen molar-refractivity contribution in [1.82, 2.24) is 20.4 Å². The van der Waals surface area contributed by atoms with Crippen molar-refractivity contribution in [2.45, 2.75) is 64.5 Å². The summed E-state index contributed by atoms with van der Waals surface area (Å²) < 4.78 is 7.03. The Balaban J connectivity index is 1.52. The van der Waals surface area contributed by atoms with Crippen LogP contribution in [0.2, 0.25) is 0 Å². The molecular formula is C31H40BN5O6. The number of benzene rings is 2. The van der Waals surface area contributed by atoms with Gasteiger partial charge in [0, 0.05) is 24.4 Å². The van der Waals surface area contributed by atoms with Crippen molar-refractivity contribution in [3.8, 4) is 17.0 Å². The van der Waals surface area contributed by atoms with Crippen LogP contribution in [0, 0.1) is 5.92 Å². The Morgan fingerprint density at radius 1 is 1.09 bits per heavy atom. The van der Waals surface area contributed by atoms with Gasteiger partial charge >= 0.3 is 7.12 Å². The molecule has 0 saturated carbocycles. The normalized spacial score (nSPS) is 16.9. The van der Waals surface area contributed by atoms with Crippen LogP contribution in [0.4, 0.5) is 0 Å². The van der Waals surface area contributed by atoms with Gasteiger partial charge in [-0.15, -0.1) is 0 Å². The molecule has 12 heteroatoms. The van der Waals surface area contributed by atoms with Crippen molar-refractivity contribution in [2.75, 3.05) is 13.7 Å². The van der Waals surface area contributed by atoms with E-state index in [4.69, 9.17) is 9.57 Å². The minimum Gasteiger partial charge on any atom is -0.497 e. The van der Waals surface area contributed by atoms with Crippen LogP contribution in [0.3, 0.4) is 0 Å². The van der Waals surface area contributed by atoms with Gasteiger partial charge in [0.25, 0.3) is 11.8 Å². The van der Waals surface area contributed by atoms with Gasteiger partial charge in [-0.3, -0.25) is 14.3 Å². The van der Waals surface area contributed by atoms with Crippen molar-refractivity contribution in [1.29, 1.82) is 0 Å². The van der Waals surface area contributed by atoms with Gasteiger partial charge < -0.3 is 30.3 Å². The van der Waals surface area contributed by atoms with Gasteiger partial charge in [-0.05, 0) is 49.9 Å². The van der Waals surface area contributed by atoms with Crippen molar-refractivity contribution in [3.05, 3.63) is 71.9 Å². The molecule has 228 valence electrons. The quantitative estimate of drug-likeness (QED) is 0.224. The molecule has 43 heavy (non-hydrogen) atoms. The van der Waals surface area contributed by atoms with Crippen molar-refractivity contribution in [2.24, 2.45) is 11.1 Å². The molecule has 0 radical (unpaired) electrons. The summed E-state index contributed by atoms with van der Waals surface area (Å²) >= 11 is 0. The maximum atomic E-state index is 13.7. The van der Waals surface area contributed by atoms with Gasteiger partial charge in [0.1, 0.15) is 11.4 Å². The fourth-order valence-electron chi connectivity index (χ4n) is 5.09. The fourth-order valence-corrected chi connectivity index (χ4v) is 5.09. The molecule has 0 aliphatic carbocycles. The highest BCUT2D eigenvalue weighted by Gasteiger charge is 2.48. The predicted molar refractivity (Wildman–Crippen MR) is 165 cm³/mol. The lowest BCUT2D eigenvalue weighted by molar-refractivity contribution is -0.144. The summed E-state index contributed by atoms with van der Waals surface area (Å²) in [6.45, 7) is 7.81. The number of oxime groups is 1. The molecule has 0 spiro atoms. The van der Waals surface area contributed by atoms with Crippen LogP contribution < -0.4 is 15.4 Å². The number of carbonyl (C=O) groups is 2. The molecule has 2 heterocycles. The van der Waals surface area contributed by atoms with Gasteiger partial charge in [0.05, 0.1) is 31.0 Å². The van der Waals surface area contributed by atoms with E-state index in [1.807, 2.05) is 76.2 Å². The summed E-state index contributed by atoms with van der Waals surface area (Å²) in [5, 5.41) is 34.4. The van der Waals surface area contributed by atoms with Crippen LogP contribution in [0.1, 0.15) is 62.6 Å². The molecule has 2 aromatic carbocycles. The van der Waals surface area contributed by atoms with Crippen molar-refractivity contribution < 1.29 is 29.2 Å². The molecule has 2 amide bonds. The average molecular weight is 590 g/mol. The van der Waals surface area contributed by atoms with Gasteiger partial charge in [0.15, 0.2) is 0 Å². The highest BCUT2D eigenvalue weighted by molar-refractivity contribution is 6.43. The number of hydrogen-bond donors (Lipinski definition) is 4. The third kappa shape index (κ3) is 7.82. The molecule has 4 rings (SSSR count). The Morgan fingerprint density at radius 3 is 2.49 bits per heavy atom. The summed E-state index contributed by atoms with van der Waals surface area (Å²) in [6.07, 6.45) is 0.593. The molecule has 0 saturated heterocycles. The number of nitrogens with one attached hydrogen (secondary N) is 2. The third-order valence-corrected chi connectivity index (χ3v) is 7.26. The maximum Gasteiger partial charge on any atom is 0.475 e. The largest absolute Gasteiger partial charge is 0.497 e. The Bertz CT molecular complexity index is 1440. The van der Waals surface area contributed by atoms with E-state index in [0.29, 0.717) is 29.3 Å². The molecule has 3 aromatic rings. The SMILES string of the molecule is COc1cccc(CC2(C(=O)NC(CC(C)C)B(O)O)CC(CNC(=O)c3cc(-c4ccccc4)nn3C(C)C)=NO2)c1. The zero-order chi connectivity index (χ0) is 31.1. The number of carbonyl (C=O) groups excluding carboxylic acids is 2. The second kappa shape index (κ2) is 13.9. The second-order valence-corrected chi connectivity index (χ2v) is 11.6. The van der Waals surface area contributed by atoms with Gasteiger partial charge in [-0.1, -0.05) is 61.5 Å². The Labute approximate surface area is 252 Å². The summed E-state index contributed by atoms with van der Waals surface area (Å²) in [5.41, 5.74) is 1.78.